The number of aromatic nitrogens is 2. The molecule has 3 rings (SSSR count). The summed E-state index contributed by atoms with van der Waals surface area (Å²) in [5.41, 5.74) is 2.08. The van der Waals surface area contributed by atoms with Crippen LogP contribution in [-0.4, -0.2) is 27.5 Å². The predicted molar refractivity (Wildman–Crippen MR) is 92.2 cm³/mol. The predicted octanol–water partition coefficient (Wildman–Crippen LogP) is 4.31. The molecule has 24 heavy (non-hydrogen) atoms. The van der Waals surface area contributed by atoms with E-state index in [2.05, 4.69) is 5.10 Å². The number of hydrogen-bond donors (Lipinski definition) is 1. The van der Waals surface area contributed by atoms with Gasteiger partial charge in [-0.25, -0.2) is 9.48 Å². The maximum Gasteiger partial charge on any atom is 0.341 e. The lowest BCUT2D eigenvalue weighted by molar-refractivity contribution is -0.139. The fourth-order valence-corrected chi connectivity index (χ4v) is 2.71. The molecule has 0 aliphatic rings. The van der Waals surface area contributed by atoms with Gasteiger partial charge in [0.1, 0.15) is 5.02 Å². The summed E-state index contributed by atoms with van der Waals surface area (Å²) in [4.78, 5) is 10.7. The van der Waals surface area contributed by atoms with E-state index in [9.17, 15) is 4.79 Å². The number of hydrogen-bond acceptors (Lipinski definition) is 3. The zero-order valence-electron chi connectivity index (χ0n) is 12.3. The molecule has 0 aliphatic carbocycles. The molecule has 5 nitrogen and oxygen atoms in total. The minimum atomic E-state index is -1.11. The normalized spacial score (nSPS) is 10.6. The number of ether oxygens (including phenoxy) is 1. The highest BCUT2D eigenvalue weighted by atomic mass is 35.5. The Balaban J connectivity index is 2.15. The topological polar surface area (TPSA) is 64.3 Å². The maximum atomic E-state index is 10.7. The number of nitrogens with zero attached hydrogens (tertiary/aromatic N) is 2. The first-order valence-electron chi connectivity index (χ1n) is 7.00. The van der Waals surface area contributed by atoms with Crippen molar-refractivity contribution in [3.8, 4) is 22.8 Å². The monoisotopic (exact) mass is 362 g/mol. The van der Waals surface area contributed by atoms with E-state index in [1.165, 1.54) is 0 Å². The third kappa shape index (κ3) is 3.37. The molecule has 0 unspecified atom stereocenters. The molecule has 0 fully saturated rings. The average Bonchev–Trinajstić information content (AvgIpc) is 2.90. The Morgan fingerprint density at radius 2 is 1.88 bits per heavy atom. The molecule has 0 saturated carbocycles. The Kier molecular flexibility index (Phi) is 4.74. The molecular formula is C17H12Cl2N2O3. The Bertz CT molecular complexity index is 879. The second kappa shape index (κ2) is 6.95. The van der Waals surface area contributed by atoms with Gasteiger partial charge in [0, 0.05) is 10.6 Å². The van der Waals surface area contributed by atoms with Gasteiger partial charge in [0.15, 0.2) is 6.61 Å². The molecule has 7 heteroatoms. The van der Waals surface area contributed by atoms with E-state index in [0.29, 0.717) is 10.7 Å². The summed E-state index contributed by atoms with van der Waals surface area (Å²) >= 11 is 12.5. The lowest BCUT2D eigenvalue weighted by atomic mass is 10.1. The molecule has 1 N–H and O–H groups in total. The second-order valence-corrected chi connectivity index (χ2v) is 5.72. The summed E-state index contributed by atoms with van der Waals surface area (Å²) < 4.78 is 6.80. The van der Waals surface area contributed by atoms with Crippen molar-refractivity contribution in [1.82, 2.24) is 9.78 Å². The van der Waals surface area contributed by atoms with Gasteiger partial charge in [0.05, 0.1) is 11.4 Å². The Morgan fingerprint density at radius 1 is 1.12 bits per heavy atom. The van der Waals surface area contributed by atoms with Gasteiger partial charge in [-0.15, -0.1) is 5.10 Å². The molecule has 2 aromatic carbocycles. The summed E-state index contributed by atoms with van der Waals surface area (Å²) in [7, 11) is 0. The third-order valence-corrected chi connectivity index (χ3v) is 3.81. The van der Waals surface area contributed by atoms with Crippen LogP contribution in [0.4, 0.5) is 0 Å². The summed E-state index contributed by atoms with van der Waals surface area (Å²) in [6.45, 7) is -0.527. The van der Waals surface area contributed by atoms with Gasteiger partial charge in [-0.05, 0) is 24.3 Å². The highest BCUT2D eigenvalue weighted by molar-refractivity contribution is 6.35. The van der Waals surface area contributed by atoms with Crippen LogP contribution in [0.3, 0.4) is 0 Å². The van der Waals surface area contributed by atoms with Crippen molar-refractivity contribution in [3.05, 3.63) is 64.6 Å². The van der Waals surface area contributed by atoms with Crippen LogP contribution >= 0.6 is 23.2 Å². The number of halogens is 2. The Labute approximate surface area is 148 Å². The lowest BCUT2D eigenvalue weighted by Gasteiger charge is -2.08. The quantitative estimate of drug-likeness (QED) is 0.734. The van der Waals surface area contributed by atoms with Crippen LogP contribution in [0, 0.1) is 0 Å². The van der Waals surface area contributed by atoms with Gasteiger partial charge in [0.25, 0.3) is 5.88 Å². The molecule has 0 bridgehead atoms. The van der Waals surface area contributed by atoms with Crippen molar-refractivity contribution in [2.24, 2.45) is 0 Å². The Morgan fingerprint density at radius 3 is 2.54 bits per heavy atom. The summed E-state index contributed by atoms with van der Waals surface area (Å²) in [6.07, 6.45) is 0. The van der Waals surface area contributed by atoms with E-state index in [1.54, 1.807) is 22.9 Å². The zero-order chi connectivity index (χ0) is 17.1. The molecular weight excluding hydrogens is 351 g/mol. The first-order valence-corrected chi connectivity index (χ1v) is 7.76. The molecule has 0 aliphatic heterocycles. The summed E-state index contributed by atoms with van der Waals surface area (Å²) in [5, 5.41) is 13.9. The number of carboxylic acid groups (broad SMARTS) is 1. The molecule has 0 atom stereocenters. The molecule has 0 spiro atoms. The van der Waals surface area contributed by atoms with E-state index in [-0.39, 0.29) is 10.9 Å². The van der Waals surface area contributed by atoms with Crippen molar-refractivity contribution in [2.45, 2.75) is 0 Å². The number of rotatable bonds is 5. The minimum Gasteiger partial charge on any atom is -0.479 e. The third-order valence-electron chi connectivity index (χ3n) is 3.23. The van der Waals surface area contributed by atoms with Gasteiger partial charge >= 0.3 is 5.97 Å². The van der Waals surface area contributed by atoms with Crippen LogP contribution in [0.1, 0.15) is 0 Å². The van der Waals surface area contributed by atoms with E-state index < -0.39 is 12.6 Å². The molecule has 0 amide bonds. The fraction of sp³-hybridized carbons (Fsp3) is 0.0588. The fourth-order valence-electron chi connectivity index (χ4n) is 2.24. The lowest BCUT2D eigenvalue weighted by Crippen LogP contribution is -2.10. The summed E-state index contributed by atoms with van der Waals surface area (Å²) in [5.74, 6) is -1.05. The largest absolute Gasteiger partial charge is 0.479 e. The molecule has 1 aromatic heterocycles. The number of carbonyl (C=O) groups is 1. The van der Waals surface area contributed by atoms with E-state index in [1.807, 2.05) is 36.4 Å². The second-order valence-electron chi connectivity index (χ2n) is 4.91. The maximum absolute atomic E-state index is 10.7. The molecule has 3 aromatic rings. The van der Waals surface area contributed by atoms with Crippen molar-refractivity contribution in [2.75, 3.05) is 6.61 Å². The first-order chi connectivity index (χ1) is 11.6. The standard InChI is InChI=1S/C17H12Cl2N2O3/c18-12-6-4-5-11(9-12)16-15(19)17(24-10-14(22)23)20-21(16)13-7-2-1-3-8-13/h1-9H,10H2,(H,22,23). The number of carboxylic acids is 1. The van der Waals surface area contributed by atoms with Gasteiger partial charge in [-0.2, -0.15) is 0 Å². The van der Waals surface area contributed by atoms with Crippen molar-refractivity contribution in [1.29, 1.82) is 0 Å². The van der Waals surface area contributed by atoms with Gasteiger partial charge in [-0.3, -0.25) is 0 Å². The SMILES string of the molecule is O=C(O)COc1nn(-c2ccccc2)c(-c2cccc(Cl)c2)c1Cl. The van der Waals surface area contributed by atoms with Crippen molar-refractivity contribution < 1.29 is 14.6 Å². The van der Waals surface area contributed by atoms with Crippen molar-refractivity contribution >= 4 is 29.2 Å². The first kappa shape index (κ1) is 16.4. The van der Waals surface area contributed by atoms with Crippen LogP contribution in [0.25, 0.3) is 16.9 Å². The zero-order valence-corrected chi connectivity index (χ0v) is 13.8. The molecule has 0 saturated heterocycles. The molecule has 122 valence electrons. The van der Waals surface area contributed by atoms with Crippen LogP contribution in [0.2, 0.25) is 10.0 Å². The number of benzene rings is 2. The van der Waals surface area contributed by atoms with Crippen LogP contribution < -0.4 is 4.74 Å². The van der Waals surface area contributed by atoms with Gasteiger partial charge < -0.3 is 9.84 Å². The van der Waals surface area contributed by atoms with Crippen LogP contribution in [-0.2, 0) is 4.79 Å². The molecule has 0 radical (unpaired) electrons. The highest BCUT2D eigenvalue weighted by Crippen LogP contribution is 2.37. The highest BCUT2D eigenvalue weighted by Gasteiger charge is 2.21. The molecule has 1 heterocycles. The van der Waals surface area contributed by atoms with Gasteiger partial charge in [-0.1, -0.05) is 53.5 Å². The number of para-hydroxylation sites is 1. The van der Waals surface area contributed by atoms with Crippen molar-refractivity contribution in [3.63, 3.8) is 0 Å². The summed E-state index contributed by atoms with van der Waals surface area (Å²) in [6, 6.07) is 16.5. The van der Waals surface area contributed by atoms with E-state index in [4.69, 9.17) is 33.0 Å². The minimum absolute atomic E-state index is 0.0536. The number of aliphatic carboxylic acids is 1. The van der Waals surface area contributed by atoms with Gasteiger partial charge in [0.2, 0.25) is 0 Å². The van der Waals surface area contributed by atoms with E-state index in [0.717, 1.165) is 11.3 Å². The average molecular weight is 363 g/mol. The van der Waals surface area contributed by atoms with Crippen LogP contribution in [0.5, 0.6) is 5.88 Å². The van der Waals surface area contributed by atoms with E-state index >= 15 is 0 Å². The Hall–Kier alpha value is -2.50. The van der Waals surface area contributed by atoms with Crippen LogP contribution in [0.15, 0.2) is 54.6 Å². The smallest absolute Gasteiger partial charge is 0.341 e.